The lowest BCUT2D eigenvalue weighted by Crippen LogP contribution is -2.12. The summed E-state index contributed by atoms with van der Waals surface area (Å²) in [7, 11) is 0. The number of aromatic nitrogens is 1. The van der Waals surface area contributed by atoms with E-state index in [0.717, 1.165) is 0 Å². The van der Waals surface area contributed by atoms with Crippen molar-refractivity contribution >= 4 is 17.0 Å². The second kappa shape index (κ2) is 9.89. The van der Waals surface area contributed by atoms with Gasteiger partial charge in [-0.1, -0.05) is 90.1 Å². The predicted molar refractivity (Wildman–Crippen MR) is 106 cm³/mol. The number of fused-ring (bicyclic) bond motifs is 5. The molecule has 0 aliphatic heterocycles. The minimum atomic E-state index is 0.496. The van der Waals surface area contributed by atoms with Gasteiger partial charge in [-0.05, 0) is 17.7 Å². The largest absolute Gasteiger partial charge is 0.355 e. The van der Waals surface area contributed by atoms with E-state index in [0.29, 0.717) is 11.8 Å². The van der Waals surface area contributed by atoms with Gasteiger partial charge < -0.3 is 4.98 Å². The Morgan fingerprint density at radius 3 is 2.17 bits per heavy atom. The van der Waals surface area contributed by atoms with Crippen molar-refractivity contribution in [2.24, 2.45) is 5.92 Å². The SMILES string of the molecule is C1=CC2C=Cc3[nH]c4ccccc4c3C2C=C1.CC.CC.CC. The van der Waals surface area contributed by atoms with E-state index in [2.05, 4.69) is 65.7 Å². The first-order valence-corrected chi connectivity index (χ1v) is 9.07. The normalized spacial score (nSPS) is 19.2. The molecule has 0 amide bonds. The summed E-state index contributed by atoms with van der Waals surface area (Å²) in [5.74, 6) is 1.02. The van der Waals surface area contributed by atoms with Gasteiger partial charge in [0.15, 0.2) is 0 Å². The van der Waals surface area contributed by atoms with Crippen molar-refractivity contribution in [1.82, 2.24) is 4.98 Å². The highest BCUT2D eigenvalue weighted by atomic mass is 14.7. The van der Waals surface area contributed by atoms with Crippen molar-refractivity contribution in [3.8, 4) is 0 Å². The minimum Gasteiger partial charge on any atom is -0.355 e. The molecule has 1 aromatic heterocycles. The first kappa shape index (κ1) is 19.0. The molecule has 1 heteroatoms. The molecule has 2 aliphatic carbocycles. The van der Waals surface area contributed by atoms with E-state index in [4.69, 9.17) is 0 Å². The predicted octanol–water partition coefficient (Wildman–Crippen LogP) is 7.10. The Labute approximate surface area is 141 Å². The van der Waals surface area contributed by atoms with Gasteiger partial charge in [-0.15, -0.1) is 0 Å². The molecule has 0 spiro atoms. The fourth-order valence-corrected chi connectivity index (χ4v) is 2.98. The third-order valence-corrected chi connectivity index (χ3v) is 3.77. The molecular formula is C22H31N. The molecule has 0 saturated heterocycles. The van der Waals surface area contributed by atoms with Gasteiger partial charge in [0, 0.05) is 28.4 Å². The van der Waals surface area contributed by atoms with Gasteiger partial charge in [-0.3, -0.25) is 0 Å². The van der Waals surface area contributed by atoms with Crippen molar-refractivity contribution < 1.29 is 0 Å². The molecule has 1 N–H and O–H groups in total. The maximum atomic E-state index is 3.50. The number of rotatable bonds is 0. The number of hydrogen-bond donors (Lipinski definition) is 1. The van der Waals surface area contributed by atoms with Gasteiger partial charge in [0.25, 0.3) is 0 Å². The zero-order valence-corrected chi connectivity index (χ0v) is 15.4. The summed E-state index contributed by atoms with van der Waals surface area (Å²) >= 11 is 0. The molecule has 1 aromatic carbocycles. The Morgan fingerprint density at radius 2 is 1.43 bits per heavy atom. The number of benzene rings is 1. The van der Waals surface area contributed by atoms with E-state index in [9.17, 15) is 0 Å². The average Bonchev–Trinajstić information content (AvgIpc) is 3.06. The summed E-state index contributed by atoms with van der Waals surface area (Å²) < 4.78 is 0. The fraction of sp³-hybridized carbons (Fsp3) is 0.364. The second-order valence-corrected chi connectivity index (χ2v) is 4.73. The maximum Gasteiger partial charge on any atom is 0.0461 e. The number of para-hydroxylation sites is 1. The lowest BCUT2D eigenvalue weighted by molar-refractivity contribution is 0.696. The van der Waals surface area contributed by atoms with E-state index in [1.807, 2.05) is 41.5 Å². The van der Waals surface area contributed by atoms with Crippen LogP contribution in [-0.4, -0.2) is 4.98 Å². The van der Waals surface area contributed by atoms with Gasteiger partial charge in [0.2, 0.25) is 0 Å². The molecule has 124 valence electrons. The van der Waals surface area contributed by atoms with Gasteiger partial charge in [-0.25, -0.2) is 0 Å². The monoisotopic (exact) mass is 309 g/mol. The van der Waals surface area contributed by atoms with Gasteiger partial charge in [-0.2, -0.15) is 0 Å². The highest BCUT2D eigenvalue weighted by Gasteiger charge is 2.26. The molecule has 2 unspecified atom stereocenters. The zero-order chi connectivity index (χ0) is 17.2. The van der Waals surface area contributed by atoms with Crippen LogP contribution in [0.4, 0.5) is 0 Å². The van der Waals surface area contributed by atoms with Crippen LogP contribution in [-0.2, 0) is 0 Å². The Hall–Kier alpha value is -2.02. The van der Waals surface area contributed by atoms with Crippen LogP contribution < -0.4 is 0 Å². The fourth-order valence-electron chi connectivity index (χ4n) is 2.98. The standard InChI is InChI=1S/C16H13N.3C2H6/c1-2-6-12-11(5-1)9-10-15-16(12)13-7-3-4-8-14(13)17-15;3*1-2/h1-12,17H;3*1-2H3. The topological polar surface area (TPSA) is 15.8 Å². The number of aromatic amines is 1. The molecule has 0 bridgehead atoms. The van der Waals surface area contributed by atoms with Crippen LogP contribution in [0.3, 0.4) is 0 Å². The average molecular weight is 309 g/mol. The van der Waals surface area contributed by atoms with Gasteiger partial charge >= 0.3 is 0 Å². The Kier molecular flexibility index (Phi) is 8.18. The minimum absolute atomic E-state index is 0.496. The van der Waals surface area contributed by atoms with Crippen LogP contribution in [0.2, 0.25) is 0 Å². The zero-order valence-electron chi connectivity index (χ0n) is 15.4. The van der Waals surface area contributed by atoms with Crippen LogP contribution in [0.1, 0.15) is 58.7 Å². The first-order valence-electron chi connectivity index (χ1n) is 9.07. The van der Waals surface area contributed by atoms with Crippen molar-refractivity contribution in [3.63, 3.8) is 0 Å². The van der Waals surface area contributed by atoms with Crippen LogP contribution in [0, 0.1) is 5.92 Å². The lowest BCUT2D eigenvalue weighted by atomic mass is 9.78. The van der Waals surface area contributed by atoms with Crippen LogP contribution in [0.5, 0.6) is 0 Å². The highest BCUT2D eigenvalue weighted by Crippen LogP contribution is 2.41. The maximum absolute atomic E-state index is 3.50. The van der Waals surface area contributed by atoms with Crippen molar-refractivity contribution in [3.05, 3.63) is 65.9 Å². The molecule has 2 aromatic rings. The van der Waals surface area contributed by atoms with Crippen molar-refractivity contribution in [2.45, 2.75) is 47.5 Å². The molecule has 0 fully saturated rings. The lowest BCUT2D eigenvalue weighted by Gasteiger charge is -2.25. The van der Waals surface area contributed by atoms with E-state index in [-0.39, 0.29) is 0 Å². The van der Waals surface area contributed by atoms with E-state index < -0.39 is 0 Å². The van der Waals surface area contributed by atoms with Crippen LogP contribution in [0.15, 0.2) is 54.6 Å². The molecule has 23 heavy (non-hydrogen) atoms. The van der Waals surface area contributed by atoms with E-state index in [1.54, 1.807) is 0 Å². The Balaban J connectivity index is 0.000000400. The number of hydrogen-bond acceptors (Lipinski definition) is 0. The number of nitrogens with one attached hydrogen (secondary N) is 1. The quantitative estimate of drug-likeness (QED) is 0.534. The summed E-state index contributed by atoms with van der Waals surface area (Å²) in [6, 6.07) is 8.57. The molecule has 0 saturated carbocycles. The van der Waals surface area contributed by atoms with Crippen molar-refractivity contribution in [1.29, 1.82) is 0 Å². The van der Waals surface area contributed by atoms with E-state index >= 15 is 0 Å². The third kappa shape index (κ3) is 3.85. The Morgan fingerprint density at radius 1 is 0.783 bits per heavy atom. The van der Waals surface area contributed by atoms with Crippen LogP contribution >= 0.6 is 0 Å². The van der Waals surface area contributed by atoms with E-state index in [1.165, 1.54) is 22.2 Å². The van der Waals surface area contributed by atoms with Crippen LogP contribution in [0.25, 0.3) is 17.0 Å². The number of H-pyrrole nitrogens is 1. The molecular weight excluding hydrogens is 278 g/mol. The molecule has 2 aliphatic rings. The molecule has 1 nitrogen and oxygen atoms in total. The van der Waals surface area contributed by atoms with Crippen molar-refractivity contribution in [2.75, 3.05) is 0 Å². The van der Waals surface area contributed by atoms with Gasteiger partial charge in [0.1, 0.15) is 0 Å². The summed E-state index contributed by atoms with van der Waals surface area (Å²) in [6.07, 6.45) is 13.4. The molecule has 1 heterocycles. The number of allylic oxidation sites excluding steroid dienone is 5. The Bertz CT molecular complexity index is 670. The smallest absolute Gasteiger partial charge is 0.0461 e. The summed E-state index contributed by atoms with van der Waals surface area (Å²) in [5, 5.41) is 1.36. The molecule has 2 atom stereocenters. The third-order valence-electron chi connectivity index (χ3n) is 3.77. The second-order valence-electron chi connectivity index (χ2n) is 4.73. The molecule has 0 radical (unpaired) electrons. The highest BCUT2D eigenvalue weighted by molar-refractivity contribution is 5.89. The summed E-state index contributed by atoms with van der Waals surface area (Å²) in [6.45, 7) is 12.0. The van der Waals surface area contributed by atoms with Gasteiger partial charge in [0.05, 0.1) is 0 Å². The molecule has 4 rings (SSSR count). The first-order chi connectivity index (χ1) is 11.4. The summed E-state index contributed by atoms with van der Waals surface area (Å²) in [4.78, 5) is 3.50. The summed E-state index contributed by atoms with van der Waals surface area (Å²) in [5.41, 5.74) is 3.96.